The molecule has 2 unspecified atom stereocenters. The van der Waals surface area contributed by atoms with Crippen LogP contribution in [0.2, 0.25) is 0 Å². The van der Waals surface area contributed by atoms with E-state index in [0.29, 0.717) is 18.8 Å². The van der Waals surface area contributed by atoms with E-state index >= 15 is 0 Å². The molecule has 1 saturated heterocycles. The minimum Gasteiger partial charge on any atom is -0.454 e. The Balaban J connectivity index is 1.83. The molecule has 1 aromatic carbocycles. The molecular formula is C13H18N2O2. The maximum atomic E-state index is 5.65. The Morgan fingerprint density at radius 1 is 1.29 bits per heavy atom. The van der Waals surface area contributed by atoms with Gasteiger partial charge in [0, 0.05) is 12.0 Å². The van der Waals surface area contributed by atoms with E-state index in [4.69, 9.17) is 15.2 Å². The fourth-order valence-corrected chi connectivity index (χ4v) is 2.79. The molecule has 2 aliphatic rings. The number of fused-ring (bicyclic) bond motifs is 1. The van der Waals surface area contributed by atoms with Gasteiger partial charge in [0.1, 0.15) is 0 Å². The van der Waals surface area contributed by atoms with Crippen molar-refractivity contribution in [1.29, 1.82) is 0 Å². The molecule has 0 amide bonds. The van der Waals surface area contributed by atoms with E-state index in [1.807, 2.05) is 6.07 Å². The summed E-state index contributed by atoms with van der Waals surface area (Å²) in [5.41, 5.74) is 6.99. The van der Waals surface area contributed by atoms with E-state index in [9.17, 15) is 0 Å². The zero-order chi connectivity index (χ0) is 11.7. The largest absolute Gasteiger partial charge is 0.454 e. The van der Waals surface area contributed by atoms with E-state index in [1.165, 1.54) is 12.0 Å². The van der Waals surface area contributed by atoms with Gasteiger partial charge < -0.3 is 20.5 Å². The molecule has 3 N–H and O–H groups in total. The summed E-state index contributed by atoms with van der Waals surface area (Å²) in [7, 11) is 0. The molecule has 0 aliphatic carbocycles. The van der Waals surface area contributed by atoms with Crippen molar-refractivity contribution >= 4 is 0 Å². The number of rotatable bonds is 3. The van der Waals surface area contributed by atoms with Crippen molar-refractivity contribution in [3.05, 3.63) is 23.8 Å². The SMILES string of the molecule is NCCC1NCCC1c1ccc2c(c1)OCO2. The summed E-state index contributed by atoms with van der Waals surface area (Å²) in [6.07, 6.45) is 2.20. The van der Waals surface area contributed by atoms with Crippen molar-refractivity contribution in [2.24, 2.45) is 5.73 Å². The minimum absolute atomic E-state index is 0.341. The van der Waals surface area contributed by atoms with Crippen molar-refractivity contribution in [2.45, 2.75) is 24.8 Å². The zero-order valence-corrected chi connectivity index (χ0v) is 9.82. The van der Waals surface area contributed by atoms with Crippen molar-refractivity contribution in [3.63, 3.8) is 0 Å². The fraction of sp³-hybridized carbons (Fsp3) is 0.538. The van der Waals surface area contributed by atoms with Gasteiger partial charge in [-0.2, -0.15) is 0 Å². The van der Waals surface area contributed by atoms with Gasteiger partial charge in [0.25, 0.3) is 0 Å². The molecule has 1 aromatic rings. The quantitative estimate of drug-likeness (QED) is 0.825. The highest BCUT2D eigenvalue weighted by Gasteiger charge is 2.28. The van der Waals surface area contributed by atoms with Crippen molar-refractivity contribution in [1.82, 2.24) is 5.32 Å². The Bertz CT molecular complexity index is 408. The van der Waals surface area contributed by atoms with Crippen LogP contribution in [-0.2, 0) is 0 Å². The van der Waals surface area contributed by atoms with Crippen LogP contribution < -0.4 is 20.5 Å². The van der Waals surface area contributed by atoms with Crippen LogP contribution in [0, 0.1) is 0 Å². The lowest BCUT2D eigenvalue weighted by atomic mass is 9.90. The summed E-state index contributed by atoms with van der Waals surface area (Å²) in [5.74, 6) is 2.28. The van der Waals surface area contributed by atoms with Crippen molar-refractivity contribution in [2.75, 3.05) is 19.9 Å². The predicted molar refractivity (Wildman–Crippen MR) is 65.4 cm³/mol. The molecule has 0 radical (unpaired) electrons. The number of nitrogens with one attached hydrogen (secondary N) is 1. The molecule has 0 spiro atoms. The van der Waals surface area contributed by atoms with E-state index in [2.05, 4.69) is 17.4 Å². The first kappa shape index (κ1) is 10.9. The molecule has 0 saturated carbocycles. The lowest BCUT2D eigenvalue weighted by molar-refractivity contribution is 0.174. The Morgan fingerprint density at radius 2 is 2.18 bits per heavy atom. The molecule has 0 aromatic heterocycles. The number of hydrogen-bond donors (Lipinski definition) is 2. The van der Waals surface area contributed by atoms with Gasteiger partial charge in [-0.05, 0) is 43.6 Å². The third-order valence-electron chi connectivity index (χ3n) is 3.65. The second-order valence-corrected chi connectivity index (χ2v) is 4.65. The Kier molecular flexibility index (Phi) is 2.91. The third-order valence-corrected chi connectivity index (χ3v) is 3.65. The number of ether oxygens (including phenoxy) is 2. The van der Waals surface area contributed by atoms with Gasteiger partial charge in [-0.1, -0.05) is 6.07 Å². The van der Waals surface area contributed by atoms with E-state index in [1.54, 1.807) is 0 Å². The second kappa shape index (κ2) is 4.55. The molecule has 1 fully saturated rings. The molecule has 2 heterocycles. The average molecular weight is 234 g/mol. The Labute approximate surface area is 101 Å². The predicted octanol–water partition coefficient (Wildman–Crippen LogP) is 1.21. The first-order chi connectivity index (χ1) is 8.38. The average Bonchev–Trinajstić information content (AvgIpc) is 2.96. The Hall–Kier alpha value is -1.26. The number of hydrogen-bond acceptors (Lipinski definition) is 4. The van der Waals surface area contributed by atoms with Crippen LogP contribution in [0.3, 0.4) is 0 Å². The van der Waals surface area contributed by atoms with Gasteiger partial charge >= 0.3 is 0 Å². The van der Waals surface area contributed by atoms with Gasteiger partial charge in [0.05, 0.1) is 0 Å². The van der Waals surface area contributed by atoms with Crippen LogP contribution in [0.4, 0.5) is 0 Å². The molecule has 2 aliphatic heterocycles. The van der Waals surface area contributed by atoms with Crippen LogP contribution in [0.1, 0.15) is 24.3 Å². The molecule has 0 bridgehead atoms. The number of benzene rings is 1. The molecule has 2 atom stereocenters. The highest BCUT2D eigenvalue weighted by Crippen LogP contribution is 2.37. The van der Waals surface area contributed by atoms with Crippen molar-refractivity contribution in [3.8, 4) is 11.5 Å². The van der Waals surface area contributed by atoms with E-state index < -0.39 is 0 Å². The summed E-state index contributed by atoms with van der Waals surface area (Å²) in [6, 6.07) is 6.77. The first-order valence-corrected chi connectivity index (χ1v) is 6.21. The lowest BCUT2D eigenvalue weighted by Gasteiger charge is -2.19. The maximum absolute atomic E-state index is 5.65. The normalized spacial score (nSPS) is 26.4. The zero-order valence-electron chi connectivity index (χ0n) is 9.82. The molecule has 3 rings (SSSR count). The summed E-state index contributed by atoms with van der Waals surface area (Å²) >= 11 is 0. The first-order valence-electron chi connectivity index (χ1n) is 6.21. The van der Waals surface area contributed by atoms with Crippen LogP contribution >= 0.6 is 0 Å². The molecule has 17 heavy (non-hydrogen) atoms. The maximum Gasteiger partial charge on any atom is 0.231 e. The molecule has 92 valence electrons. The van der Waals surface area contributed by atoms with E-state index in [-0.39, 0.29) is 0 Å². The van der Waals surface area contributed by atoms with Crippen molar-refractivity contribution < 1.29 is 9.47 Å². The topological polar surface area (TPSA) is 56.5 Å². The summed E-state index contributed by atoms with van der Waals surface area (Å²) in [4.78, 5) is 0. The third kappa shape index (κ3) is 1.98. The smallest absolute Gasteiger partial charge is 0.231 e. The number of nitrogens with two attached hydrogens (primary N) is 1. The highest BCUT2D eigenvalue weighted by molar-refractivity contribution is 5.45. The van der Waals surface area contributed by atoms with E-state index in [0.717, 1.165) is 31.0 Å². The highest BCUT2D eigenvalue weighted by atomic mass is 16.7. The van der Waals surface area contributed by atoms with Crippen LogP contribution in [0.15, 0.2) is 18.2 Å². The summed E-state index contributed by atoms with van der Waals surface area (Å²) < 4.78 is 10.8. The van der Waals surface area contributed by atoms with Crippen LogP contribution in [0.25, 0.3) is 0 Å². The lowest BCUT2D eigenvalue weighted by Crippen LogP contribution is -2.28. The molecule has 4 heteroatoms. The minimum atomic E-state index is 0.341. The fourth-order valence-electron chi connectivity index (χ4n) is 2.79. The van der Waals surface area contributed by atoms with Gasteiger partial charge in [0.2, 0.25) is 6.79 Å². The second-order valence-electron chi connectivity index (χ2n) is 4.65. The van der Waals surface area contributed by atoms with Crippen LogP contribution in [-0.4, -0.2) is 25.9 Å². The van der Waals surface area contributed by atoms with Gasteiger partial charge in [-0.3, -0.25) is 0 Å². The summed E-state index contributed by atoms with van der Waals surface area (Å²) in [5, 5.41) is 3.52. The standard InChI is InChI=1S/C13H18N2O2/c14-5-3-11-10(4-6-15-11)9-1-2-12-13(7-9)17-8-16-12/h1-2,7,10-11,15H,3-6,8,14H2. The monoisotopic (exact) mass is 234 g/mol. The summed E-state index contributed by atoms with van der Waals surface area (Å²) in [6.45, 7) is 2.15. The Morgan fingerprint density at radius 3 is 3.06 bits per heavy atom. The van der Waals surface area contributed by atoms with Gasteiger partial charge in [-0.15, -0.1) is 0 Å². The van der Waals surface area contributed by atoms with Gasteiger partial charge in [0.15, 0.2) is 11.5 Å². The van der Waals surface area contributed by atoms with Gasteiger partial charge in [-0.25, -0.2) is 0 Å². The molecule has 4 nitrogen and oxygen atoms in total. The van der Waals surface area contributed by atoms with Crippen LogP contribution in [0.5, 0.6) is 11.5 Å². The molecular weight excluding hydrogens is 216 g/mol.